The van der Waals surface area contributed by atoms with Gasteiger partial charge in [0.2, 0.25) is 0 Å². The molecule has 5 fully saturated rings. The van der Waals surface area contributed by atoms with E-state index in [4.69, 9.17) is 4.74 Å². The van der Waals surface area contributed by atoms with Crippen LogP contribution in [0.3, 0.4) is 0 Å². The predicted octanol–water partition coefficient (Wildman–Crippen LogP) is 3.63. The lowest BCUT2D eigenvalue weighted by molar-refractivity contribution is -0.185. The van der Waals surface area contributed by atoms with Crippen LogP contribution in [0.1, 0.15) is 53.4 Å². The van der Waals surface area contributed by atoms with Crippen LogP contribution in [0, 0.1) is 28.6 Å². The molecule has 2 aliphatic heterocycles. The van der Waals surface area contributed by atoms with Gasteiger partial charge in [0, 0.05) is 5.41 Å². The van der Waals surface area contributed by atoms with E-state index in [2.05, 4.69) is 27.7 Å². The highest BCUT2D eigenvalue weighted by molar-refractivity contribution is 5.28. The molecule has 1 heteroatoms. The second kappa shape index (κ2) is 2.39. The quantitative estimate of drug-likeness (QED) is 0.606. The smallest absolute Gasteiger partial charge is 0.0799 e. The zero-order valence-electron chi connectivity index (χ0n) is 11.0. The van der Waals surface area contributed by atoms with Crippen molar-refractivity contribution in [2.24, 2.45) is 28.6 Å². The van der Waals surface area contributed by atoms with Crippen molar-refractivity contribution in [3.63, 3.8) is 0 Å². The minimum Gasteiger partial charge on any atom is -0.370 e. The summed E-state index contributed by atoms with van der Waals surface area (Å²) in [6.07, 6.45) is 6.15. The summed E-state index contributed by atoms with van der Waals surface area (Å²) in [5.74, 6) is 2.61. The molecule has 2 heterocycles. The van der Waals surface area contributed by atoms with Gasteiger partial charge >= 0.3 is 0 Å². The van der Waals surface area contributed by atoms with Crippen LogP contribution in [-0.4, -0.2) is 11.7 Å². The second-order valence-electron chi connectivity index (χ2n) is 7.67. The summed E-state index contributed by atoms with van der Waals surface area (Å²) in [5, 5.41) is 0. The van der Waals surface area contributed by atoms with Gasteiger partial charge in [-0.15, -0.1) is 0 Å². The first kappa shape index (κ1) is 9.94. The molecule has 5 aliphatic rings. The third kappa shape index (κ3) is 0.674. The third-order valence-corrected chi connectivity index (χ3v) is 7.37. The molecule has 4 bridgehead atoms. The summed E-state index contributed by atoms with van der Waals surface area (Å²) in [6.45, 7) is 9.91. The molecular weight excluding hydrogens is 196 g/mol. The Labute approximate surface area is 98.9 Å². The van der Waals surface area contributed by atoms with Crippen molar-refractivity contribution in [2.45, 2.75) is 65.1 Å². The molecule has 1 nitrogen and oxygen atoms in total. The monoisotopic (exact) mass is 220 g/mol. The third-order valence-electron chi connectivity index (χ3n) is 7.37. The van der Waals surface area contributed by atoms with Gasteiger partial charge in [-0.25, -0.2) is 0 Å². The highest BCUT2D eigenvalue weighted by atomic mass is 16.5. The first-order chi connectivity index (χ1) is 7.45. The Morgan fingerprint density at radius 1 is 1.12 bits per heavy atom. The molecule has 0 aromatic carbocycles. The van der Waals surface area contributed by atoms with Gasteiger partial charge in [0.1, 0.15) is 0 Å². The fourth-order valence-corrected chi connectivity index (χ4v) is 6.45. The molecular formula is C15H24O. The number of hydrogen-bond acceptors (Lipinski definition) is 1. The van der Waals surface area contributed by atoms with E-state index in [-0.39, 0.29) is 5.60 Å². The van der Waals surface area contributed by atoms with Gasteiger partial charge in [0.25, 0.3) is 0 Å². The maximum atomic E-state index is 6.65. The van der Waals surface area contributed by atoms with E-state index in [1.54, 1.807) is 0 Å². The van der Waals surface area contributed by atoms with E-state index in [0.717, 1.165) is 17.8 Å². The topological polar surface area (TPSA) is 9.23 Å². The van der Waals surface area contributed by atoms with Crippen molar-refractivity contribution < 1.29 is 4.74 Å². The molecule has 3 aliphatic carbocycles. The summed E-state index contributed by atoms with van der Waals surface area (Å²) in [7, 11) is 0. The van der Waals surface area contributed by atoms with Crippen LogP contribution >= 0.6 is 0 Å². The fourth-order valence-electron chi connectivity index (χ4n) is 6.45. The normalized spacial score (nSPS) is 65.2. The van der Waals surface area contributed by atoms with Crippen LogP contribution in [0.5, 0.6) is 0 Å². The number of ether oxygens (including phenoxy) is 1. The van der Waals surface area contributed by atoms with Crippen molar-refractivity contribution in [1.29, 1.82) is 0 Å². The molecule has 0 aromatic heterocycles. The van der Waals surface area contributed by atoms with Gasteiger partial charge in [-0.1, -0.05) is 27.7 Å². The highest BCUT2D eigenvalue weighted by Gasteiger charge is 2.80. The maximum absolute atomic E-state index is 6.65. The van der Waals surface area contributed by atoms with E-state index >= 15 is 0 Å². The molecule has 2 spiro atoms. The van der Waals surface area contributed by atoms with E-state index in [9.17, 15) is 0 Å². The Hall–Kier alpha value is -0.0400. The molecule has 6 atom stereocenters. The first-order valence-corrected chi connectivity index (χ1v) is 7.12. The van der Waals surface area contributed by atoms with Gasteiger partial charge in [0.15, 0.2) is 0 Å². The van der Waals surface area contributed by atoms with Crippen LogP contribution in [0.25, 0.3) is 0 Å². The van der Waals surface area contributed by atoms with Crippen LogP contribution in [-0.2, 0) is 4.74 Å². The number of hydrogen-bond donors (Lipinski definition) is 0. The van der Waals surface area contributed by atoms with E-state index < -0.39 is 0 Å². The van der Waals surface area contributed by atoms with Crippen LogP contribution in [0.15, 0.2) is 0 Å². The van der Waals surface area contributed by atoms with E-state index in [1.807, 2.05) is 0 Å². The van der Waals surface area contributed by atoms with E-state index in [0.29, 0.717) is 16.9 Å². The molecule has 0 N–H and O–H groups in total. The molecule has 0 radical (unpaired) electrons. The van der Waals surface area contributed by atoms with Crippen molar-refractivity contribution >= 4 is 0 Å². The Morgan fingerprint density at radius 2 is 1.88 bits per heavy atom. The van der Waals surface area contributed by atoms with Crippen LogP contribution < -0.4 is 0 Å². The standard InChI is InChI=1S/C15H24O/c1-9-5-6-15-13(3,4)11-7-14(9,15)8-12(16-15)10(11)2/h9-12H,5-8H2,1-4H3/t9-,10+,11+,12-,14-,15-/m1/s1. The van der Waals surface area contributed by atoms with Gasteiger partial charge < -0.3 is 4.74 Å². The molecule has 0 unspecified atom stereocenters. The summed E-state index contributed by atoms with van der Waals surface area (Å²) < 4.78 is 6.65. The molecule has 90 valence electrons. The zero-order chi connectivity index (χ0) is 11.3. The van der Waals surface area contributed by atoms with Crippen molar-refractivity contribution in [1.82, 2.24) is 0 Å². The van der Waals surface area contributed by atoms with Gasteiger partial charge in [-0.05, 0) is 48.9 Å². The zero-order valence-corrected chi connectivity index (χ0v) is 11.0. The Morgan fingerprint density at radius 3 is 2.56 bits per heavy atom. The fraction of sp³-hybridized carbons (Fsp3) is 1.00. The molecule has 0 amide bonds. The predicted molar refractivity (Wildman–Crippen MR) is 64.1 cm³/mol. The lowest BCUT2D eigenvalue weighted by Gasteiger charge is -2.50. The van der Waals surface area contributed by atoms with Crippen LogP contribution in [0.4, 0.5) is 0 Å². The average molecular weight is 220 g/mol. The van der Waals surface area contributed by atoms with Gasteiger partial charge in [-0.3, -0.25) is 0 Å². The summed E-state index contributed by atoms with van der Waals surface area (Å²) >= 11 is 0. The van der Waals surface area contributed by atoms with Gasteiger partial charge in [0.05, 0.1) is 11.7 Å². The minimum atomic E-state index is 0.265. The lowest BCUT2D eigenvalue weighted by Crippen LogP contribution is -2.52. The van der Waals surface area contributed by atoms with Crippen molar-refractivity contribution in [3.8, 4) is 0 Å². The molecule has 2 saturated heterocycles. The van der Waals surface area contributed by atoms with Gasteiger partial charge in [-0.2, -0.15) is 0 Å². The molecule has 5 rings (SSSR count). The summed E-state index contributed by atoms with van der Waals surface area (Å²) in [5.41, 5.74) is 1.25. The summed E-state index contributed by atoms with van der Waals surface area (Å²) in [4.78, 5) is 0. The van der Waals surface area contributed by atoms with Crippen molar-refractivity contribution in [3.05, 3.63) is 0 Å². The molecule has 0 aromatic rings. The largest absolute Gasteiger partial charge is 0.370 e. The first-order valence-electron chi connectivity index (χ1n) is 7.12. The Kier molecular flexibility index (Phi) is 1.48. The minimum absolute atomic E-state index is 0.265. The molecule has 3 saturated carbocycles. The molecule has 16 heavy (non-hydrogen) atoms. The average Bonchev–Trinajstić information content (AvgIpc) is 2.70. The van der Waals surface area contributed by atoms with E-state index in [1.165, 1.54) is 25.7 Å². The number of rotatable bonds is 0. The highest BCUT2D eigenvalue weighted by Crippen LogP contribution is 2.80. The second-order valence-corrected chi connectivity index (χ2v) is 7.67. The lowest BCUT2D eigenvalue weighted by atomic mass is 9.65. The Bertz CT molecular complexity index is 360. The van der Waals surface area contributed by atoms with Crippen molar-refractivity contribution in [2.75, 3.05) is 0 Å². The summed E-state index contributed by atoms with van der Waals surface area (Å²) in [6, 6.07) is 0. The van der Waals surface area contributed by atoms with Crippen LogP contribution in [0.2, 0.25) is 0 Å². The SMILES string of the molecule is C[C@@H]1[C@H]2C[C@@]34C[C@@H]1C(C)(C)[C@@]3(CC[C@H]4C)O2. The Balaban J connectivity index is 1.94. The maximum Gasteiger partial charge on any atom is 0.0799 e.